The van der Waals surface area contributed by atoms with Gasteiger partial charge in [0.1, 0.15) is 6.04 Å². The number of fused-ring (bicyclic) bond motifs is 1. The highest BCUT2D eigenvalue weighted by molar-refractivity contribution is 9.10. The van der Waals surface area contributed by atoms with E-state index in [4.69, 9.17) is 9.47 Å². The fourth-order valence-corrected chi connectivity index (χ4v) is 3.61. The van der Waals surface area contributed by atoms with E-state index in [-0.39, 0.29) is 11.7 Å². The van der Waals surface area contributed by atoms with Gasteiger partial charge >= 0.3 is 5.97 Å². The summed E-state index contributed by atoms with van der Waals surface area (Å²) in [5, 5.41) is -0.513. The van der Waals surface area contributed by atoms with E-state index < -0.39 is 23.2 Å². The van der Waals surface area contributed by atoms with E-state index in [9.17, 15) is 14.4 Å². The molecule has 0 N–H and O–H groups in total. The normalized spacial score (nSPS) is 19.1. The van der Waals surface area contributed by atoms with Crippen LogP contribution in [0.4, 0.5) is 4.79 Å². The molecule has 9 heteroatoms. The highest BCUT2D eigenvalue weighted by Crippen LogP contribution is 2.40. The summed E-state index contributed by atoms with van der Waals surface area (Å²) in [7, 11) is 1.21. The van der Waals surface area contributed by atoms with Crippen LogP contribution in [0.15, 0.2) is 21.5 Å². The second kappa shape index (κ2) is 6.48. The second-order valence-electron chi connectivity index (χ2n) is 4.98. The molecule has 1 atom stereocenters. The zero-order valence-electron chi connectivity index (χ0n) is 12.7. The highest BCUT2D eigenvalue weighted by atomic mass is 79.9. The summed E-state index contributed by atoms with van der Waals surface area (Å²) in [6.45, 7) is 1.58. The first-order valence-corrected chi connectivity index (χ1v) is 8.47. The van der Waals surface area contributed by atoms with Gasteiger partial charge in [0.15, 0.2) is 11.5 Å². The van der Waals surface area contributed by atoms with Gasteiger partial charge in [-0.15, -0.1) is 0 Å². The van der Waals surface area contributed by atoms with E-state index >= 15 is 0 Å². The van der Waals surface area contributed by atoms with Gasteiger partial charge in [0.05, 0.1) is 12.0 Å². The van der Waals surface area contributed by atoms with E-state index in [0.717, 1.165) is 16.7 Å². The predicted octanol–water partition coefficient (Wildman–Crippen LogP) is 2.78. The van der Waals surface area contributed by atoms with E-state index in [1.54, 1.807) is 18.2 Å². The van der Waals surface area contributed by atoms with Crippen LogP contribution in [-0.2, 0) is 14.3 Å². The highest BCUT2D eigenvalue weighted by Gasteiger charge is 2.41. The van der Waals surface area contributed by atoms with Gasteiger partial charge in [-0.05, 0) is 42.5 Å². The number of benzene rings is 1. The lowest BCUT2D eigenvalue weighted by molar-refractivity contribution is -0.148. The Morgan fingerprint density at radius 3 is 2.71 bits per heavy atom. The molecule has 2 heterocycles. The maximum atomic E-state index is 12.5. The molecule has 2 aliphatic rings. The number of esters is 1. The number of hydrogen-bond acceptors (Lipinski definition) is 7. The number of rotatable bonds is 3. The number of hydrogen-bond donors (Lipinski definition) is 0. The molecule has 0 unspecified atom stereocenters. The van der Waals surface area contributed by atoms with Crippen molar-refractivity contribution in [2.24, 2.45) is 0 Å². The number of amides is 2. The fraction of sp³-hybridized carbons (Fsp3) is 0.267. The number of carbonyl (C=O) groups is 3. The van der Waals surface area contributed by atoms with E-state index in [1.165, 1.54) is 14.0 Å². The molecule has 2 aliphatic heterocycles. The van der Waals surface area contributed by atoms with Crippen molar-refractivity contribution in [2.45, 2.75) is 13.0 Å². The Morgan fingerprint density at radius 1 is 1.38 bits per heavy atom. The number of carbonyl (C=O) groups excluding carboxylic acids is 3. The smallest absolute Gasteiger partial charge is 0.328 e. The lowest BCUT2D eigenvalue weighted by Gasteiger charge is -2.18. The Hall–Kier alpha value is -2.00. The summed E-state index contributed by atoms with van der Waals surface area (Å²) in [6, 6.07) is 2.47. The molecule has 1 aromatic carbocycles. The Morgan fingerprint density at radius 2 is 2.04 bits per heavy atom. The van der Waals surface area contributed by atoms with Gasteiger partial charge in [0.2, 0.25) is 6.79 Å². The minimum atomic E-state index is -0.978. The van der Waals surface area contributed by atoms with Crippen molar-refractivity contribution < 1.29 is 28.6 Å². The fourth-order valence-electron chi connectivity index (χ4n) is 2.27. The molecule has 0 radical (unpaired) electrons. The third-order valence-corrected chi connectivity index (χ3v) is 5.10. The quantitative estimate of drug-likeness (QED) is 0.556. The number of imide groups is 1. The molecule has 3 rings (SSSR count). The van der Waals surface area contributed by atoms with Gasteiger partial charge in [0.25, 0.3) is 11.1 Å². The van der Waals surface area contributed by atoms with Crippen LogP contribution in [0, 0.1) is 0 Å². The molecule has 24 heavy (non-hydrogen) atoms. The largest absolute Gasteiger partial charge is 0.467 e. The molecule has 1 saturated heterocycles. The summed E-state index contributed by atoms with van der Waals surface area (Å²) in [5.74, 6) is -0.0201. The van der Waals surface area contributed by atoms with Crippen molar-refractivity contribution in [1.29, 1.82) is 0 Å². The zero-order chi connectivity index (χ0) is 17.4. The molecule has 7 nitrogen and oxygen atoms in total. The Kier molecular flexibility index (Phi) is 4.55. The molecule has 0 spiro atoms. The third kappa shape index (κ3) is 2.89. The Balaban J connectivity index is 1.91. The molecule has 2 amide bonds. The van der Waals surface area contributed by atoms with Gasteiger partial charge in [-0.1, -0.05) is 15.9 Å². The molecular formula is C15H12BrNO6S. The molecule has 0 saturated carbocycles. The van der Waals surface area contributed by atoms with Crippen molar-refractivity contribution in [1.82, 2.24) is 4.90 Å². The van der Waals surface area contributed by atoms with Crippen LogP contribution in [0.2, 0.25) is 0 Å². The number of ether oxygens (including phenoxy) is 3. The topological polar surface area (TPSA) is 82.1 Å². The minimum Gasteiger partial charge on any atom is -0.467 e. The number of thioether (sulfide) groups is 1. The Bertz CT molecular complexity index is 777. The van der Waals surface area contributed by atoms with E-state index in [2.05, 4.69) is 20.7 Å². The standard InChI is InChI=1S/C15H12BrNO6S/c1-7(14(19)21-2)17-13(18)12(24-15(17)20)4-8-3-10-11(5-9(8)16)23-6-22-10/h3-5,7H,6H2,1-2H3/b12-4-/t7-/m0/s1. The molecule has 0 aromatic heterocycles. The first-order chi connectivity index (χ1) is 11.4. The Labute approximate surface area is 150 Å². The van der Waals surface area contributed by atoms with Crippen LogP contribution in [0.25, 0.3) is 6.08 Å². The molecule has 1 aromatic rings. The predicted molar refractivity (Wildman–Crippen MR) is 89.6 cm³/mol. The van der Waals surface area contributed by atoms with Crippen LogP contribution in [0.1, 0.15) is 12.5 Å². The maximum absolute atomic E-state index is 12.5. The van der Waals surface area contributed by atoms with Crippen molar-refractivity contribution in [2.75, 3.05) is 13.9 Å². The second-order valence-corrected chi connectivity index (χ2v) is 6.83. The molecule has 0 aliphatic carbocycles. The molecule has 0 bridgehead atoms. The van der Waals surface area contributed by atoms with Gasteiger partial charge in [-0.2, -0.15) is 0 Å². The van der Waals surface area contributed by atoms with Gasteiger partial charge in [-0.25, -0.2) is 4.79 Å². The molecular weight excluding hydrogens is 402 g/mol. The average molecular weight is 414 g/mol. The van der Waals surface area contributed by atoms with Crippen LogP contribution in [0.3, 0.4) is 0 Å². The van der Waals surface area contributed by atoms with Crippen molar-refractivity contribution in [3.05, 3.63) is 27.1 Å². The lowest BCUT2D eigenvalue weighted by Crippen LogP contribution is -2.42. The van der Waals surface area contributed by atoms with Crippen LogP contribution in [0.5, 0.6) is 11.5 Å². The van der Waals surface area contributed by atoms with Crippen molar-refractivity contribution in [3.8, 4) is 11.5 Å². The summed E-state index contributed by atoms with van der Waals surface area (Å²) >= 11 is 4.17. The number of nitrogens with zero attached hydrogens (tertiary/aromatic N) is 1. The summed E-state index contributed by atoms with van der Waals surface area (Å²) in [4.78, 5) is 37.3. The summed E-state index contributed by atoms with van der Waals surface area (Å²) in [6.07, 6.45) is 1.57. The minimum absolute atomic E-state index is 0.137. The summed E-state index contributed by atoms with van der Waals surface area (Å²) < 4.78 is 15.9. The van der Waals surface area contributed by atoms with Gasteiger partial charge in [0, 0.05) is 4.47 Å². The molecule has 126 valence electrons. The lowest BCUT2D eigenvalue weighted by atomic mass is 10.2. The van der Waals surface area contributed by atoms with Gasteiger partial charge < -0.3 is 14.2 Å². The SMILES string of the molecule is COC(=O)[C@H](C)N1C(=O)S/C(=C\c2cc3c(cc2Br)OCO3)C1=O. The monoisotopic (exact) mass is 413 g/mol. The number of methoxy groups -OCH3 is 1. The molecule has 1 fully saturated rings. The van der Waals surface area contributed by atoms with Crippen molar-refractivity contribution >= 4 is 50.9 Å². The number of halogens is 1. The zero-order valence-corrected chi connectivity index (χ0v) is 15.1. The van der Waals surface area contributed by atoms with E-state index in [1.807, 2.05) is 0 Å². The average Bonchev–Trinajstić information content (AvgIpc) is 3.10. The van der Waals surface area contributed by atoms with E-state index in [0.29, 0.717) is 21.5 Å². The van der Waals surface area contributed by atoms with Crippen LogP contribution < -0.4 is 9.47 Å². The third-order valence-electron chi connectivity index (χ3n) is 3.53. The van der Waals surface area contributed by atoms with Crippen LogP contribution in [-0.4, -0.2) is 42.0 Å². The van der Waals surface area contributed by atoms with Crippen molar-refractivity contribution in [3.63, 3.8) is 0 Å². The van der Waals surface area contributed by atoms with Crippen LogP contribution >= 0.6 is 27.7 Å². The van der Waals surface area contributed by atoms with Gasteiger partial charge in [-0.3, -0.25) is 14.5 Å². The summed E-state index contributed by atoms with van der Waals surface area (Å²) in [5.41, 5.74) is 0.662. The first kappa shape index (κ1) is 16.8. The maximum Gasteiger partial charge on any atom is 0.328 e. The first-order valence-electron chi connectivity index (χ1n) is 6.86.